The van der Waals surface area contributed by atoms with Crippen LogP contribution in [0.5, 0.6) is 0 Å². The highest BCUT2D eigenvalue weighted by molar-refractivity contribution is 6.81. The van der Waals surface area contributed by atoms with E-state index in [1.54, 1.807) is 0 Å². The lowest BCUT2D eigenvalue weighted by Gasteiger charge is -2.30. The van der Waals surface area contributed by atoms with Crippen molar-refractivity contribution in [3.8, 4) is 0 Å². The maximum atomic E-state index is 6.25. The third-order valence-electron chi connectivity index (χ3n) is 3.00. The molecule has 0 saturated heterocycles. The summed E-state index contributed by atoms with van der Waals surface area (Å²) in [6.07, 6.45) is 3.38. The number of hydrogen-bond donors (Lipinski definition) is 0. The molecule has 0 aromatic heterocycles. The van der Waals surface area contributed by atoms with Crippen LogP contribution in [0.1, 0.15) is 40.0 Å². The van der Waals surface area contributed by atoms with Gasteiger partial charge in [-0.15, -0.1) is 0 Å². The van der Waals surface area contributed by atoms with E-state index in [0.717, 1.165) is 38.5 Å². The fourth-order valence-electron chi connectivity index (χ4n) is 2.13. The van der Waals surface area contributed by atoms with Crippen LogP contribution in [0.25, 0.3) is 0 Å². The molecule has 0 bridgehead atoms. The minimum absolute atomic E-state index is 0.729. The van der Waals surface area contributed by atoms with Gasteiger partial charge in [0.2, 0.25) is 0 Å². The SMILES string of the molecule is CCCCO[Si](CCC)(OCC)c1ccccc1. The number of rotatable bonds is 9. The molecule has 0 aliphatic heterocycles. The number of unbranched alkanes of at least 4 members (excludes halogenated alkanes) is 1. The van der Waals surface area contributed by atoms with Gasteiger partial charge in [-0.2, -0.15) is 0 Å². The first-order valence-electron chi connectivity index (χ1n) is 7.12. The van der Waals surface area contributed by atoms with E-state index in [1.807, 2.05) is 6.07 Å². The topological polar surface area (TPSA) is 18.5 Å². The fraction of sp³-hybridized carbons (Fsp3) is 0.600. The van der Waals surface area contributed by atoms with Gasteiger partial charge in [0, 0.05) is 13.2 Å². The molecule has 1 atom stereocenters. The van der Waals surface area contributed by atoms with Crippen molar-refractivity contribution >= 4 is 13.7 Å². The zero-order chi connectivity index (χ0) is 13.3. The summed E-state index contributed by atoms with van der Waals surface area (Å²) in [4.78, 5) is 0. The maximum Gasteiger partial charge on any atom is 0.372 e. The Kier molecular flexibility index (Phi) is 7.24. The van der Waals surface area contributed by atoms with Gasteiger partial charge in [-0.3, -0.25) is 0 Å². The van der Waals surface area contributed by atoms with Crippen molar-refractivity contribution in [2.75, 3.05) is 13.2 Å². The van der Waals surface area contributed by atoms with Crippen LogP contribution in [-0.2, 0) is 8.85 Å². The average Bonchev–Trinajstić information content (AvgIpc) is 2.40. The van der Waals surface area contributed by atoms with Crippen LogP contribution in [0.15, 0.2) is 30.3 Å². The normalized spacial score (nSPS) is 14.4. The summed E-state index contributed by atoms with van der Waals surface area (Å²) in [5.41, 5.74) is 0. The van der Waals surface area contributed by atoms with E-state index in [-0.39, 0.29) is 0 Å². The summed E-state index contributed by atoms with van der Waals surface area (Å²) in [6.45, 7) is 8.00. The first kappa shape index (κ1) is 15.4. The molecule has 0 amide bonds. The largest absolute Gasteiger partial charge is 0.391 e. The van der Waals surface area contributed by atoms with Gasteiger partial charge in [0.1, 0.15) is 0 Å². The molecular formula is C15H26O2Si. The molecule has 1 rings (SSSR count). The zero-order valence-electron chi connectivity index (χ0n) is 11.9. The van der Waals surface area contributed by atoms with Gasteiger partial charge >= 0.3 is 8.56 Å². The highest BCUT2D eigenvalue weighted by Gasteiger charge is 2.38. The quantitative estimate of drug-likeness (QED) is 0.502. The van der Waals surface area contributed by atoms with E-state index in [9.17, 15) is 0 Å². The van der Waals surface area contributed by atoms with E-state index in [4.69, 9.17) is 8.85 Å². The molecule has 0 aliphatic rings. The molecule has 1 aromatic carbocycles. The van der Waals surface area contributed by atoms with Gasteiger partial charge in [0.25, 0.3) is 0 Å². The minimum atomic E-state index is -2.21. The molecule has 0 heterocycles. The molecule has 0 fully saturated rings. The van der Waals surface area contributed by atoms with Gasteiger partial charge in [-0.1, -0.05) is 57.0 Å². The van der Waals surface area contributed by atoms with Gasteiger partial charge in [0.15, 0.2) is 0 Å². The van der Waals surface area contributed by atoms with Crippen LogP contribution < -0.4 is 5.19 Å². The Balaban J connectivity index is 2.89. The molecule has 0 radical (unpaired) electrons. The van der Waals surface area contributed by atoms with Crippen molar-refractivity contribution < 1.29 is 8.85 Å². The third kappa shape index (κ3) is 4.23. The molecular weight excluding hydrogens is 240 g/mol. The van der Waals surface area contributed by atoms with Crippen molar-refractivity contribution in [3.05, 3.63) is 30.3 Å². The lowest BCUT2D eigenvalue weighted by Crippen LogP contribution is -2.53. The van der Waals surface area contributed by atoms with Crippen LogP contribution in [0.2, 0.25) is 6.04 Å². The molecule has 0 N–H and O–H groups in total. The monoisotopic (exact) mass is 266 g/mol. The van der Waals surface area contributed by atoms with E-state index >= 15 is 0 Å². The van der Waals surface area contributed by atoms with E-state index in [1.165, 1.54) is 5.19 Å². The molecule has 0 saturated carbocycles. The highest BCUT2D eigenvalue weighted by atomic mass is 28.4. The molecule has 1 aromatic rings. The summed E-state index contributed by atoms with van der Waals surface area (Å²) >= 11 is 0. The summed E-state index contributed by atoms with van der Waals surface area (Å²) in [5.74, 6) is 0. The Morgan fingerprint density at radius 2 is 1.67 bits per heavy atom. The standard InChI is InChI=1S/C15H26O2Si/c1-4-7-13-17-18(14-5-2,16-6-3)15-11-9-8-10-12-15/h8-12H,4-7,13-14H2,1-3H3. The van der Waals surface area contributed by atoms with Crippen molar-refractivity contribution in [3.63, 3.8) is 0 Å². The second-order valence-corrected chi connectivity index (χ2v) is 7.66. The molecule has 18 heavy (non-hydrogen) atoms. The van der Waals surface area contributed by atoms with E-state index in [2.05, 4.69) is 45.0 Å². The van der Waals surface area contributed by atoms with Crippen LogP contribution in [0, 0.1) is 0 Å². The minimum Gasteiger partial charge on any atom is -0.391 e. The highest BCUT2D eigenvalue weighted by Crippen LogP contribution is 2.17. The molecule has 0 spiro atoms. The summed E-state index contributed by atoms with van der Waals surface area (Å²) in [5, 5.41) is 1.27. The third-order valence-corrected chi connectivity index (χ3v) is 6.80. The Bertz CT molecular complexity index is 308. The Morgan fingerprint density at radius 3 is 2.22 bits per heavy atom. The van der Waals surface area contributed by atoms with Gasteiger partial charge in [0.05, 0.1) is 0 Å². The first-order valence-corrected chi connectivity index (χ1v) is 9.14. The van der Waals surface area contributed by atoms with Crippen LogP contribution in [-0.4, -0.2) is 21.8 Å². The lowest BCUT2D eigenvalue weighted by molar-refractivity contribution is 0.184. The summed E-state index contributed by atoms with van der Waals surface area (Å²) in [6, 6.07) is 11.6. The molecule has 0 aliphatic carbocycles. The Morgan fingerprint density at radius 1 is 0.944 bits per heavy atom. The fourth-order valence-corrected chi connectivity index (χ4v) is 5.43. The van der Waals surface area contributed by atoms with Crippen molar-refractivity contribution in [1.29, 1.82) is 0 Å². The predicted molar refractivity (Wildman–Crippen MR) is 79.4 cm³/mol. The molecule has 3 heteroatoms. The Labute approximate surface area is 113 Å². The van der Waals surface area contributed by atoms with Crippen molar-refractivity contribution in [2.24, 2.45) is 0 Å². The lowest BCUT2D eigenvalue weighted by atomic mass is 10.4. The zero-order valence-corrected chi connectivity index (χ0v) is 12.9. The van der Waals surface area contributed by atoms with E-state index < -0.39 is 8.56 Å². The molecule has 1 unspecified atom stereocenters. The van der Waals surface area contributed by atoms with Gasteiger partial charge < -0.3 is 8.85 Å². The second kappa shape index (κ2) is 8.46. The average molecular weight is 266 g/mol. The van der Waals surface area contributed by atoms with Crippen LogP contribution in [0.3, 0.4) is 0 Å². The number of hydrogen-bond acceptors (Lipinski definition) is 2. The van der Waals surface area contributed by atoms with Gasteiger partial charge in [-0.25, -0.2) is 0 Å². The van der Waals surface area contributed by atoms with Crippen molar-refractivity contribution in [1.82, 2.24) is 0 Å². The first-order chi connectivity index (χ1) is 8.79. The van der Waals surface area contributed by atoms with Crippen molar-refractivity contribution in [2.45, 2.75) is 46.1 Å². The summed E-state index contributed by atoms with van der Waals surface area (Å²) in [7, 11) is -2.21. The van der Waals surface area contributed by atoms with Crippen LogP contribution in [0.4, 0.5) is 0 Å². The van der Waals surface area contributed by atoms with Gasteiger partial charge in [-0.05, 0) is 24.6 Å². The maximum absolute atomic E-state index is 6.25. The second-order valence-electron chi connectivity index (χ2n) is 4.50. The molecule has 102 valence electrons. The number of benzene rings is 1. The van der Waals surface area contributed by atoms with E-state index in [0.29, 0.717) is 0 Å². The summed E-state index contributed by atoms with van der Waals surface area (Å²) < 4.78 is 12.4. The smallest absolute Gasteiger partial charge is 0.372 e. The predicted octanol–water partition coefficient (Wildman–Crippen LogP) is 3.60. The Hall–Kier alpha value is -0.643. The molecule has 2 nitrogen and oxygen atoms in total. The van der Waals surface area contributed by atoms with Crippen LogP contribution >= 0.6 is 0 Å².